The van der Waals surface area contributed by atoms with Gasteiger partial charge in [0.15, 0.2) is 0 Å². The first-order valence-corrected chi connectivity index (χ1v) is 4.05. The molecular weight excluding hydrogens is 124 g/mol. The first-order chi connectivity index (χ1) is 4.56. The molecule has 0 unspecified atom stereocenters. The summed E-state index contributed by atoms with van der Waals surface area (Å²) in [6.07, 6.45) is 3.67. The van der Waals surface area contributed by atoms with Crippen molar-refractivity contribution in [3.63, 3.8) is 0 Å². The highest BCUT2D eigenvalue weighted by atomic mass is 16.5. The molecule has 0 aromatic carbocycles. The monoisotopic (exact) mass is 143 g/mol. The van der Waals surface area contributed by atoms with E-state index in [0.717, 1.165) is 13.0 Å². The molecule has 0 heterocycles. The second-order valence-corrected chi connectivity index (χ2v) is 3.32. The Kier molecular flexibility index (Phi) is 4.71. The Morgan fingerprint density at radius 3 is 2.30 bits per heavy atom. The fraction of sp³-hybridized carbons (Fsp3) is 0.889. The van der Waals surface area contributed by atoms with Crippen molar-refractivity contribution in [3.8, 4) is 0 Å². The van der Waals surface area contributed by atoms with Gasteiger partial charge in [0.25, 0.3) is 0 Å². The fourth-order valence-electron chi connectivity index (χ4n) is 0.701. The Labute approximate surface area is 64.8 Å². The standard InChI is InChI=1S/C9H19O/c1-5-6-7-8-10-9(2,3)4/h2,5-8H2,1,3-4H3. The summed E-state index contributed by atoms with van der Waals surface area (Å²) in [6.45, 7) is 10.9. The quantitative estimate of drug-likeness (QED) is 0.538. The maximum atomic E-state index is 5.42. The molecule has 0 aromatic rings. The molecule has 0 aliphatic rings. The number of hydrogen-bond acceptors (Lipinski definition) is 1. The van der Waals surface area contributed by atoms with E-state index in [1.54, 1.807) is 0 Å². The average molecular weight is 143 g/mol. The lowest BCUT2D eigenvalue weighted by atomic mass is 10.2. The maximum Gasteiger partial charge on any atom is 0.0627 e. The van der Waals surface area contributed by atoms with Gasteiger partial charge in [0.1, 0.15) is 0 Å². The van der Waals surface area contributed by atoms with E-state index < -0.39 is 0 Å². The highest BCUT2D eigenvalue weighted by molar-refractivity contribution is 4.69. The lowest BCUT2D eigenvalue weighted by Gasteiger charge is -2.18. The van der Waals surface area contributed by atoms with Gasteiger partial charge in [0, 0.05) is 6.61 Å². The van der Waals surface area contributed by atoms with Crippen molar-refractivity contribution in [3.05, 3.63) is 6.92 Å². The van der Waals surface area contributed by atoms with E-state index in [-0.39, 0.29) is 5.60 Å². The van der Waals surface area contributed by atoms with E-state index in [1.165, 1.54) is 12.8 Å². The summed E-state index contributed by atoms with van der Waals surface area (Å²) >= 11 is 0. The van der Waals surface area contributed by atoms with Crippen molar-refractivity contribution in [2.24, 2.45) is 0 Å². The molecule has 0 saturated heterocycles. The molecule has 1 radical (unpaired) electrons. The largest absolute Gasteiger partial charge is 0.376 e. The van der Waals surface area contributed by atoms with E-state index in [9.17, 15) is 0 Å². The van der Waals surface area contributed by atoms with Crippen molar-refractivity contribution in [1.29, 1.82) is 0 Å². The zero-order valence-electron chi connectivity index (χ0n) is 7.44. The van der Waals surface area contributed by atoms with Crippen LogP contribution in [0.15, 0.2) is 0 Å². The number of ether oxygens (including phenoxy) is 1. The summed E-state index contributed by atoms with van der Waals surface area (Å²) in [7, 11) is 0. The molecule has 0 atom stereocenters. The molecule has 0 bridgehead atoms. The summed E-state index contributed by atoms with van der Waals surface area (Å²) in [5, 5.41) is 0. The number of rotatable bonds is 5. The highest BCUT2D eigenvalue weighted by Crippen LogP contribution is 2.07. The van der Waals surface area contributed by atoms with Crippen molar-refractivity contribution in [2.45, 2.75) is 45.6 Å². The van der Waals surface area contributed by atoms with Gasteiger partial charge >= 0.3 is 0 Å². The van der Waals surface area contributed by atoms with Crippen molar-refractivity contribution in [2.75, 3.05) is 6.61 Å². The molecular formula is C9H19O. The number of unbranched alkanes of at least 4 members (excludes halogenated alkanes) is 2. The third-order valence-electron chi connectivity index (χ3n) is 1.24. The molecule has 0 saturated carbocycles. The topological polar surface area (TPSA) is 9.23 Å². The van der Waals surface area contributed by atoms with Gasteiger partial charge in [-0.15, -0.1) is 0 Å². The van der Waals surface area contributed by atoms with Gasteiger partial charge in [-0.3, -0.25) is 0 Å². The van der Waals surface area contributed by atoms with E-state index in [1.807, 2.05) is 13.8 Å². The Hall–Kier alpha value is -0.0400. The number of hydrogen-bond donors (Lipinski definition) is 0. The first kappa shape index (κ1) is 9.96. The molecule has 1 nitrogen and oxygen atoms in total. The molecule has 10 heavy (non-hydrogen) atoms. The third-order valence-corrected chi connectivity index (χ3v) is 1.24. The van der Waals surface area contributed by atoms with Crippen LogP contribution in [0, 0.1) is 6.92 Å². The van der Waals surface area contributed by atoms with E-state index in [2.05, 4.69) is 13.8 Å². The van der Waals surface area contributed by atoms with Gasteiger partial charge < -0.3 is 4.74 Å². The smallest absolute Gasteiger partial charge is 0.0627 e. The molecule has 0 N–H and O–H groups in total. The maximum absolute atomic E-state index is 5.42. The predicted octanol–water partition coefficient (Wildman–Crippen LogP) is 2.81. The van der Waals surface area contributed by atoms with Crippen LogP contribution in [0.3, 0.4) is 0 Å². The van der Waals surface area contributed by atoms with Crippen LogP contribution in [0.4, 0.5) is 0 Å². The Balaban J connectivity index is 3.04. The SMILES string of the molecule is [CH2]C(C)(C)OCCCCC. The average Bonchev–Trinajstić information content (AvgIpc) is 1.78. The van der Waals surface area contributed by atoms with Gasteiger partial charge in [0.2, 0.25) is 0 Å². The molecule has 61 valence electrons. The molecule has 0 amide bonds. The minimum absolute atomic E-state index is 0.201. The van der Waals surface area contributed by atoms with Crippen LogP contribution in [0.1, 0.15) is 40.0 Å². The van der Waals surface area contributed by atoms with Crippen molar-refractivity contribution in [1.82, 2.24) is 0 Å². The van der Waals surface area contributed by atoms with Crippen LogP contribution in [0.25, 0.3) is 0 Å². The summed E-state index contributed by atoms with van der Waals surface area (Å²) in [5.74, 6) is 0. The van der Waals surface area contributed by atoms with Crippen LogP contribution >= 0.6 is 0 Å². The van der Waals surface area contributed by atoms with Gasteiger partial charge in [0.05, 0.1) is 5.60 Å². The zero-order valence-corrected chi connectivity index (χ0v) is 7.44. The van der Waals surface area contributed by atoms with Gasteiger partial charge in [-0.1, -0.05) is 19.8 Å². The first-order valence-electron chi connectivity index (χ1n) is 4.05. The summed E-state index contributed by atoms with van der Waals surface area (Å²) in [6, 6.07) is 0. The van der Waals surface area contributed by atoms with Crippen molar-refractivity contribution >= 4 is 0 Å². The molecule has 0 spiro atoms. The Morgan fingerprint density at radius 1 is 1.30 bits per heavy atom. The minimum Gasteiger partial charge on any atom is -0.376 e. The van der Waals surface area contributed by atoms with Gasteiger partial charge in [-0.25, -0.2) is 0 Å². The lowest BCUT2D eigenvalue weighted by Crippen LogP contribution is -2.20. The van der Waals surface area contributed by atoms with Crippen LogP contribution in [0.5, 0.6) is 0 Å². The van der Waals surface area contributed by atoms with E-state index >= 15 is 0 Å². The zero-order chi connectivity index (χ0) is 8.04. The van der Waals surface area contributed by atoms with E-state index in [0.29, 0.717) is 0 Å². The molecule has 1 heteroatoms. The van der Waals surface area contributed by atoms with E-state index in [4.69, 9.17) is 4.74 Å². The summed E-state index contributed by atoms with van der Waals surface area (Å²) < 4.78 is 5.42. The normalized spacial score (nSPS) is 12.0. The molecule has 0 aliphatic carbocycles. The second-order valence-electron chi connectivity index (χ2n) is 3.32. The highest BCUT2D eigenvalue weighted by Gasteiger charge is 2.08. The van der Waals surface area contributed by atoms with Crippen LogP contribution < -0.4 is 0 Å². The second kappa shape index (κ2) is 4.73. The Bertz CT molecular complexity index is 71.3. The molecule has 0 fully saturated rings. The molecule has 0 rings (SSSR count). The lowest BCUT2D eigenvalue weighted by molar-refractivity contribution is 0.0154. The third kappa shape index (κ3) is 7.96. The van der Waals surface area contributed by atoms with Gasteiger partial charge in [-0.05, 0) is 27.2 Å². The van der Waals surface area contributed by atoms with Crippen LogP contribution in [-0.2, 0) is 4.74 Å². The van der Waals surface area contributed by atoms with Crippen LogP contribution in [-0.4, -0.2) is 12.2 Å². The fourth-order valence-corrected chi connectivity index (χ4v) is 0.701. The summed E-state index contributed by atoms with van der Waals surface area (Å²) in [4.78, 5) is 0. The predicted molar refractivity (Wildman–Crippen MR) is 44.9 cm³/mol. The van der Waals surface area contributed by atoms with Crippen LogP contribution in [0.2, 0.25) is 0 Å². The Morgan fingerprint density at radius 2 is 1.90 bits per heavy atom. The molecule has 0 aliphatic heterocycles. The minimum atomic E-state index is -0.201. The van der Waals surface area contributed by atoms with Crippen molar-refractivity contribution < 1.29 is 4.74 Å². The van der Waals surface area contributed by atoms with Gasteiger partial charge in [-0.2, -0.15) is 0 Å². The molecule has 0 aromatic heterocycles. The summed E-state index contributed by atoms with van der Waals surface area (Å²) in [5.41, 5.74) is -0.201.